The maximum absolute atomic E-state index is 4.91. The fourth-order valence-electron chi connectivity index (χ4n) is 4.97. The Kier molecular flexibility index (Phi) is 5.99. The molecule has 3 aromatic rings. The van der Waals surface area contributed by atoms with Crippen molar-refractivity contribution in [3.05, 3.63) is 82.5 Å². The molecule has 0 amide bonds. The highest BCUT2D eigenvalue weighted by Crippen LogP contribution is 2.37. The van der Waals surface area contributed by atoms with Gasteiger partial charge in [-0.3, -0.25) is 0 Å². The Morgan fingerprint density at radius 2 is 1.75 bits per heavy atom. The van der Waals surface area contributed by atoms with Crippen molar-refractivity contribution in [2.45, 2.75) is 31.7 Å². The highest BCUT2D eigenvalue weighted by Gasteiger charge is 2.25. The molecule has 2 aliphatic rings. The molecule has 0 saturated heterocycles. The van der Waals surface area contributed by atoms with E-state index in [1.165, 1.54) is 52.9 Å². The van der Waals surface area contributed by atoms with E-state index < -0.39 is 0 Å². The molecule has 0 bridgehead atoms. The fraction of sp³-hybridized carbons (Fsp3) is 0.321. The van der Waals surface area contributed by atoms with E-state index in [0.29, 0.717) is 12.0 Å². The highest BCUT2D eigenvalue weighted by atomic mass is 32.1. The van der Waals surface area contributed by atoms with E-state index in [9.17, 15) is 0 Å². The normalized spacial score (nSPS) is 22.7. The van der Waals surface area contributed by atoms with Crippen LogP contribution in [0.15, 0.2) is 72.0 Å². The molecule has 0 unspecified atom stereocenters. The fourth-order valence-corrected chi connectivity index (χ4v) is 5.90. The first-order valence-electron chi connectivity index (χ1n) is 11.5. The lowest BCUT2D eigenvalue weighted by atomic mass is 9.80. The molecule has 1 aliphatic carbocycles. The lowest BCUT2D eigenvalue weighted by molar-refractivity contribution is 0.207. The third-order valence-electron chi connectivity index (χ3n) is 6.93. The summed E-state index contributed by atoms with van der Waals surface area (Å²) in [5, 5.41) is 1.11. The summed E-state index contributed by atoms with van der Waals surface area (Å²) in [4.78, 5) is 9.61. The average Bonchev–Trinajstić information content (AvgIpc) is 3.23. The van der Waals surface area contributed by atoms with Crippen molar-refractivity contribution >= 4 is 39.4 Å². The van der Waals surface area contributed by atoms with Crippen molar-refractivity contribution in [1.29, 1.82) is 0 Å². The molecule has 5 rings (SSSR count). The Balaban J connectivity index is 1.51. The zero-order valence-corrected chi connectivity index (χ0v) is 20.0. The minimum absolute atomic E-state index is 0.574. The largest absolute Gasteiger partial charge is 0.344 e. The number of benzene rings is 2. The minimum atomic E-state index is 0.574. The summed E-state index contributed by atoms with van der Waals surface area (Å²) in [5.41, 5.74) is 6.28. The van der Waals surface area contributed by atoms with Gasteiger partial charge in [-0.15, -0.1) is 11.3 Å². The summed E-state index contributed by atoms with van der Waals surface area (Å²) in [5.74, 6) is 0.574. The molecule has 0 radical (unpaired) electrons. The van der Waals surface area contributed by atoms with Crippen molar-refractivity contribution in [2.24, 2.45) is 5.92 Å². The lowest BCUT2D eigenvalue weighted by Crippen LogP contribution is -2.32. The van der Waals surface area contributed by atoms with Gasteiger partial charge in [-0.05, 0) is 93.3 Å². The Hall–Kier alpha value is -2.69. The van der Waals surface area contributed by atoms with Crippen LogP contribution in [-0.4, -0.2) is 37.1 Å². The lowest BCUT2D eigenvalue weighted by Gasteiger charge is -2.34. The van der Waals surface area contributed by atoms with Gasteiger partial charge in [0.1, 0.15) is 5.01 Å². The molecule has 3 nitrogen and oxygen atoms in total. The summed E-state index contributed by atoms with van der Waals surface area (Å²) >= 11 is 1.79. The summed E-state index contributed by atoms with van der Waals surface area (Å²) in [7, 11) is 6.60. The van der Waals surface area contributed by atoms with E-state index in [0.717, 1.165) is 10.5 Å². The van der Waals surface area contributed by atoms with Crippen LogP contribution >= 0.6 is 11.3 Å². The first kappa shape index (κ1) is 21.2. The quantitative estimate of drug-likeness (QED) is 0.441. The predicted molar refractivity (Wildman–Crippen MR) is 139 cm³/mol. The second kappa shape index (κ2) is 9.05. The molecule has 0 atom stereocenters. The maximum Gasteiger partial charge on any atom is 0.117 e. The summed E-state index contributed by atoms with van der Waals surface area (Å²) in [6, 6.07) is 17.7. The third-order valence-corrected chi connectivity index (χ3v) is 7.92. The van der Waals surface area contributed by atoms with Gasteiger partial charge in [0, 0.05) is 24.5 Å². The first-order valence-corrected chi connectivity index (χ1v) is 12.4. The van der Waals surface area contributed by atoms with Crippen LogP contribution in [0.3, 0.4) is 0 Å². The number of hydrogen-bond donors (Lipinski definition) is 0. The second-order valence-corrected chi connectivity index (χ2v) is 10.2. The van der Waals surface area contributed by atoms with Crippen LogP contribution < -0.4 is 4.90 Å². The number of hydrogen-bond acceptors (Lipinski definition) is 4. The number of fused-ring (bicyclic) bond motifs is 2. The van der Waals surface area contributed by atoms with Crippen LogP contribution in [0, 0.1) is 5.92 Å². The highest BCUT2D eigenvalue weighted by molar-refractivity contribution is 7.19. The molecule has 1 aromatic heterocycles. The molecule has 1 aliphatic heterocycles. The van der Waals surface area contributed by atoms with Gasteiger partial charge in [-0.1, -0.05) is 36.4 Å². The van der Waals surface area contributed by atoms with E-state index in [2.05, 4.69) is 104 Å². The second-order valence-electron chi connectivity index (χ2n) is 9.15. The monoisotopic (exact) mass is 441 g/mol. The smallest absolute Gasteiger partial charge is 0.117 e. The zero-order valence-electron chi connectivity index (χ0n) is 19.2. The number of thiazole rings is 1. The number of anilines is 1. The molecule has 1 fully saturated rings. The van der Waals surface area contributed by atoms with Gasteiger partial charge in [0.05, 0.1) is 10.2 Å². The number of aromatic nitrogens is 1. The van der Waals surface area contributed by atoms with Crippen molar-refractivity contribution < 1.29 is 0 Å². The maximum atomic E-state index is 4.91. The van der Waals surface area contributed by atoms with Crippen molar-refractivity contribution in [2.75, 3.05) is 26.0 Å². The third kappa shape index (κ3) is 4.30. The van der Waals surface area contributed by atoms with Gasteiger partial charge < -0.3 is 9.80 Å². The number of rotatable bonds is 4. The van der Waals surface area contributed by atoms with Crippen molar-refractivity contribution in [3.8, 4) is 0 Å². The SMILES string of the molecule is CN1/C(=C/C(=C/c2nc3ccccc3s2)C2CCC(N(C)C)CC2)C=Cc2ccccc21. The molecule has 1 saturated carbocycles. The molecule has 2 heterocycles. The van der Waals surface area contributed by atoms with Crippen LogP contribution in [0.5, 0.6) is 0 Å². The van der Waals surface area contributed by atoms with Crippen LogP contribution in [0.25, 0.3) is 22.4 Å². The van der Waals surface area contributed by atoms with Crippen LogP contribution in [0.4, 0.5) is 5.69 Å². The van der Waals surface area contributed by atoms with E-state index in [4.69, 9.17) is 4.98 Å². The molecule has 0 spiro atoms. The minimum Gasteiger partial charge on any atom is -0.344 e. The number of allylic oxidation sites excluding steroid dienone is 3. The van der Waals surface area contributed by atoms with E-state index in [1.807, 2.05) is 0 Å². The molecule has 2 aromatic carbocycles. The van der Waals surface area contributed by atoms with Crippen molar-refractivity contribution in [3.63, 3.8) is 0 Å². The Labute approximate surface area is 195 Å². The number of likely N-dealkylation sites (N-methyl/N-ethyl adjacent to an activating group) is 1. The van der Waals surface area contributed by atoms with Crippen molar-refractivity contribution in [1.82, 2.24) is 9.88 Å². The molecular formula is C28H31N3S. The van der Waals surface area contributed by atoms with Gasteiger partial charge in [0.2, 0.25) is 0 Å². The molecular weight excluding hydrogens is 410 g/mol. The summed E-state index contributed by atoms with van der Waals surface area (Å²) < 4.78 is 1.26. The Bertz CT molecular complexity index is 1160. The van der Waals surface area contributed by atoms with Gasteiger partial charge in [-0.2, -0.15) is 0 Å². The summed E-state index contributed by atoms with van der Waals surface area (Å²) in [6.45, 7) is 0. The van der Waals surface area contributed by atoms with Crippen LogP contribution in [0.2, 0.25) is 0 Å². The standard InChI is InChI=1S/C28H31N3S/c1-30(2)23-15-12-20(13-16-23)22(19-28-29-25-9-5-7-11-27(25)32-28)18-24-17-14-21-8-4-6-10-26(21)31(24)3/h4-11,14,17-20,23H,12-13,15-16H2,1-3H3/b22-19-,24-18+. The zero-order chi connectivity index (χ0) is 22.1. The van der Waals surface area contributed by atoms with Gasteiger partial charge in [0.25, 0.3) is 0 Å². The molecule has 0 N–H and O–H groups in total. The van der Waals surface area contributed by atoms with Gasteiger partial charge in [-0.25, -0.2) is 4.98 Å². The Morgan fingerprint density at radius 3 is 2.53 bits per heavy atom. The average molecular weight is 442 g/mol. The molecule has 164 valence electrons. The van der Waals surface area contributed by atoms with E-state index >= 15 is 0 Å². The van der Waals surface area contributed by atoms with Gasteiger partial charge in [0.15, 0.2) is 0 Å². The number of para-hydroxylation sites is 2. The number of nitrogens with zero attached hydrogens (tertiary/aromatic N) is 3. The van der Waals surface area contributed by atoms with Crippen LogP contribution in [0.1, 0.15) is 36.3 Å². The van der Waals surface area contributed by atoms with E-state index in [1.54, 1.807) is 11.3 Å². The summed E-state index contributed by atoms with van der Waals surface area (Å²) in [6.07, 6.45) is 14.2. The van der Waals surface area contributed by atoms with Crippen LogP contribution in [-0.2, 0) is 0 Å². The Morgan fingerprint density at radius 1 is 1.00 bits per heavy atom. The topological polar surface area (TPSA) is 19.4 Å². The molecule has 32 heavy (non-hydrogen) atoms. The van der Waals surface area contributed by atoms with E-state index in [-0.39, 0.29) is 0 Å². The van der Waals surface area contributed by atoms with Gasteiger partial charge >= 0.3 is 0 Å². The molecule has 4 heteroatoms. The first-order chi connectivity index (χ1) is 15.6. The predicted octanol–water partition coefficient (Wildman–Crippen LogP) is 6.85.